The zero-order valence-corrected chi connectivity index (χ0v) is 40.6. The van der Waals surface area contributed by atoms with Gasteiger partial charge in [-0.3, -0.25) is 0 Å². The first-order valence-corrected chi connectivity index (χ1v) is 8.04. The van der Waals surface area contributed by atoms with Gasteiger partial charge in [-0.25, -0.2) is 0 Å². The van der Waals surface area contributed by atoms with Crippen molar-refractivity contribution in [2.45, 2.75) is 48.5 Å². The van der Waals surface area contributed by atoms with Crippen LogP contribution in [0.2, 0.25) is 0 Å². The van der Waals surface area contributed by atoms with Gasteiger partial charge in [-0.1, -0.05) is 4.32 Å². The van der Waals surface area contributed by atoms with Gasteiger partial charge >= 0.3 is 177 Å². The van der Waals surface area contributed by atoms with Crippen molar-refractivity contribution < 1.29 is 227 Å². The summed E-state index contributed by atoms with van der Waals surface area (Å²) in [6.45, 7) is 10.8. The first-order chi connectivity index (χ1) is 12.4. The van der Waals surface area contributed by atoms with E-state index in [0.717, 1.165) is 47.7 Å². The van der Waals surface area contributed by atoms with Crippen molar-refractivity contribution in [3.8, 4) is 0 Å². The van der Waals surface area contributed by atoms with Crippen LogP contribution < -0.4 is 240 Å². The summed E-state index contributed by atoms with van der Waals surface area (Å²) >= 11 is 9.51. The minimum atomic E-state index is -1.08. The van der Waals surface area contributed by atoms with Gasteiger partial charge in [0.15, 0.2) is 0 Å². The van der Waals surface area contributed by atoms with E-state index in [0.29, 0.717) is 4.32 Å². The molecule has 0 saturated carbocycles. The summed E-state index contributed by atoms with van der Waals surface area (Å²) in [7, 11) is 0. The van der Waals surface area contributed by atoms with Gasteiger partial charge in [-0.05, 0) is 48.5 Å². The van der Waals surface area contributed by atoms with Crippen molar-refractivity contribution in [1.29, 1.82) is 0 Å². The second-order valence-corrected chi connectivity index (χ2v) is 4.93. The molecule has 0 saturated heterocycles. The summed E-state index contributed by atoms with van der Waals surface area (Å²) in [4.78, 5) is 46.4. The van der Waals surface area contributed by atoms with E-state index in [2.05, 4.69) is 0 Å². The number of carboxylic acid groups (broad SMARTS) is 5. The Bertz CT molecular complexity index is 406. The Balaban J connectivity index is -0.00000000874. The summed E-state index contributed by atoms with van der Waals surface area (Å²) in [5.74, 6) is -5.42. The Morgan fingerprint density at radius 3 is 0.575 bits per heavy atom. The first-order valence-electron chi connectivity index (χ1n) is 7.22. The predicted octanol–water partition coefficient (Wildman–Crippen LogP) is -22.1. The van der Waals surface area contributed by atoms with Crippen LogP contribution in [0.1, 0.15) is 48.5 Å². The Kier molecular flexibility index (Phi) is 316. The maximum absolute atomic E-state index is 8.89. The quantitative estimate of drug-likeness (QED) is 0.0893. The molecular formula is C15H43N7Na6O10S2. The van der Waals surface area contributed by atoms with E-state index in [4.69, 9.17) is 74.4 Å². The molecule has 0 aromatic rings. The minimum Gasteiger partial charge on any atom is -0.550 e. The van der Waals surface area contributed by atoms with Crippen molar-refractivity contribution in [2.75, 3.05) is 13.1 Å². The fraction of sp³-hybridized carbons (Fsp3) is 0.600. The van der Waals surface area contributed by atoms with E-state index in [-0.39, 0.29) is 214 Å². The SMILES string of the molecule is CC(=O)[O-].CC(=O)[O-].CC(=O)[O-].CC(=O)[O-].CC(=O)[O-].CCN(CC)C(=S)[S-].N.N.N.N.N.N.[Na+].[Na+].[Na+].[Na+].[Na+].[Na+]. The summed E-state index contributed by atoms with van der Waals surface area (Å²) < 4.78 is 0.579. The molecule has 18 N–H and O–H groups in total. The molecule has 0 aliphatic carbocycles. The van der Waals surface area contributed by atoms with Crippen LogP contribution in [0.15, 0.2) is 0 Å². The molecule has 0 amide bonds. The van der Waals surface area contributed by atoms with Gasteiger partial charge in [-0.2, -0.15) is 0 Å². The summed E-state index contributed by atoms with van der Waals surface area (Å²) in [6.07, 6.45) is 0. The summed E-state index contributed by atoms with van der Waals surface area (Å²) in [5.41, 5.74) is 0. The van der Waals surface area contributed by atoms with Crippen LogP contribution in [0.3, 0.4) is 0 Å². The molecule has 40 heavy (non-hydrogen) atoms. The smallest absolute Gasteiger partial charge is 0.550 e. The molecule has 25 heteroatoms. The topological polar surface area (TPSA) is 414 Å². The number of nitrogens with zero attached hydrogens (tertiary/aromatic N) is 1. The number of aliphatic carboxylic acids is 5. The Hall–Kier alpha value is 3.22. The average molecular weight is 684 g/mol. The van der Waals surface area contributed by atoms with Crippen LogP contribution >= 0.6 is 12.2 Å². The molecule has 0 radical (unpaired) electrons. The second kappa shape index (κ2) is 104. The van der Waals surface area contributed by atoms with Crippen LogP contribution in [0.5, 0.6) is 0 Å². The number of thiocarbonyl (C=S) groups is 1. The monoisotopic (exact) mass is 683 g/mol. The number of hydrogen-bond donors (Lipinski definition) is 6. The molecule has 216 valence electrons. The number of rotatable bonds is 2. The van der Waals surface area contributed by atoms with Crippen molar-refractivity contribution in [3.05, 3.63) is 0 Å². The van der Waals surface area contributed by atoms with Crippen molar-refractivity contribution in [1.82, 2.24) is 41.8 Å². The molecule has 0 rings (SSSR count). The zero-order chi connectivity index (χ0) is 24.5. The van der Waals surface area contributed by atoms with Crippen molar-refractivity contribution in [2.24, 2.45) is 0 Å². The average Bonchev–Trinajstić information content (AvgIpc) is 2.35. The van der Waals surface area contributed by atoms with E-state index in [1.807, 2.05) is 18.7 Å². The molecule has 0 aromatic heterocycles. The third-order valence-corrected chi connectivity index (χ3v) is 1.54. The van der Waals surface area contributed by atoms with Gasteiger partial charge < -0.3 is 116 Å². The molecule has 0 unspecified atom stereocenters. The largest absolute Gasteiger partial charge is 1.00 e. The van der Waals surface area contributed by atoms with Gasteiger partial charge in [0.25, 0.3) is 0 Å². The molecule has 0 spiro atoms. The fourth-order valence-electron chi connectivity index (χ4n) is 0.482. The normalized spacial score (nSPS) is 4.88. The number of carbonyl (C=O) groups is 5. The van der Waals surface area contributed by atoms with E-state index in [9.17, 15) is 0 Å². The molecule has 0 aromatic carbocycles. The van der Waals surface area contributed by atoms with E-state index < -0.39 is 29.8 Å². The Labute approximate surface area is 382 Å². The maximum Gasteiger partial charge on any atom is 1.00 e. The Morgan fingerprint density at radius 1 is 0.500 bits per heavy atom. The third kappa shape index (κ3) is 530. The van der Waals surface area contributed by atoms with Gasteiger partial charge in [0.1, 0.15) is 0 Å². The van der Waals surface area contributed by atoms with E-state index >= 15 is 0 Å². The van der Waals surface area contributed by atoms with Crippen molar-refractivity contribution in [3.63, 3.8) is 0 Å². The van der Waals surface area contributed by atoms with Gasteiger partial charge in [0.2, 0.25) is 0 Å². The van der Waals surface area contributed by atoms with Gasteiger partial charge in [0.05, 0.1) is 0 Å². The van der Waals surface area contributed by atoms with Gasteiger partial charge in [0, 0.05) is 42.9 Å². The van der Waals surface area contributed by atoms with Crippen LogP contribution in [-0.2, 0) is 36.6 Å². The molecule has 0 bridgehead atoms. The number of carbonyl (C=O) groups excluding carboxylic acids is 5. The number of hydrogen-bond acceptors (Lipinski definition) is 18. The molecule has 0 heterocycles. The Morgan fingerprint density at radius 2 is 0.575 bits per heavy atom. The molecule has 0 fully saturated rings. The standard InChI is InChI=1S/C5H11NS2.5C2H4O2.6H3N.6Na/c1-3-6(4-2)5(7)8;5*1-2(3)4;;;;;;;;;;;;/h3-4H2,1-2H3,(H,7,8);5*1H3,(H,3,4);6*1H3;;;;;;/q;;;;;;;;;;;;6*+1/p-6. The van der Waals surface area contributed by atoms with E-state index in [1.165, 1.54) is 0 Å². The molecule has 0 aliphatic rings. The molecule has 17 nitrogen and oxygen atoms in total. The van der Waals surface area contributed by atoms with Crippen LogP contribution in [0, 0.1) is 0 Å². The summed E-state index contributed by atoms with van der Waals surface area (Å²) in [6, 6.07) is 0. The number of carboxylic acids is 5. The van der Waals surface area contributed by atoms with Gasteiger partial charge in [-0.15, -0.1) is 0 Å². The van der Waals surface area contributed by atoms with E-state index in [1.54, 1.807) is 0 Å². The molecule has 0 aliphatic heterocycles. The predicted molar refractivity (Wildman–Crippen MR) is 126 cm³/mol. The zero-order valence-electron chi connectivity index (χ0n) is 27.0. The maximum atomic E-state index is 8.89. The second-order valence-electron chi connectivity index (χ2n) is 3.90. The van der Waals surface area contributed by atoms with Crippen molar-refractivity contribution >= 4 is 59.0 Å². The van der Waals surface area contributed by atoms with Crippen LogP contribution in [0.25, 0.3) is 0 Å². The van der Waals surface area contributed by atoms with Crippen LogP contribution in [-0.4, -0.2) is 52.2 Å². The third-order valence-electron chi connectivity index (χ3n) is 1.02. The molecule has 0 atom stereocenters. The molecular weight excluding hydrogens is 640 g/mol. The summed E-state index contributed by atoms with van der Waals surface area (Å²) in [5, 5.41) is 44.4. The fourth-order valence-corrected chi connectivity index (χ4v) is 0.998. The first kappa shape index (κ1) is 121. The minimum absolute atomic E-state index is 0. The van der Waals surface area contributed by atoms with Crippen LogP contribution in [0.4, 0.5) is 0 Å².